The molecule has 0 aliphatic carbocycles. The first-order valence-corrected chi connectivity index (χ1v) is 25.7. The molecule has 1 aliphatic heterocycles. The molecular weight excluding hydrogens is 1070 g/mol. The average Bonchev–Trinajstić information content (AvgIpc) is 3.69. The number of benzene rings is 6. The van der Waals surface area contributed by atoms with Gasteiger partial charge in [-0.2, -0.15) is 15.5 Å². The third kappa shape index (κ3) is 14.2. The molecular formula is C42H27N9Na4O12S5. The van der Waals surface area contributed by atoms with Crippen LogP contribution >= 0.6 is 11.8 Å². The fraction of sp³-hybridized carbons (Fsp3) is 0.0714. The van der Waals surface area contributed by atoms with E-state index in [0.717, 1.165) is 71.1 Å². The molecule has 72 heavy (non-hydrogen) atoms. The van der Waals surface area contributed by atoms with Gasteiger partial charge >= 0.3 is 118 Å². The number of aliphatic imine (C=N–C) groups is 1. The molecule has 2 heterocycles. The zero-order valence-electron chi connectivity index (χ0n) is 38.3. The van der Waals surface area contributed by atoms with E-state index in [-0.39, 0.29) is 180 Å². The monoisotopic (exact) mass is 1100 g/mol. The van der Waals surface area contributed by atoms with Gasteiger partial charge in [0, 0.05) is 27.7 Å². The molecule has 0 radical (unpaired) electrons. The van der Waals surface area contributed by atoms with E-state index in [1.165, 1.54) is 37.3 Å². The summed E-state index contributed by atoms with van der Waals surface area (Å²) in [6, 6.07) is 28.8. The molecule has 2 unspecified atom stereocenters. The first-order chi connectivity index (χ1) is 32.1. The molecule has 7 aromatic rings. The summed E-state index contributed by atoms with van der Waals surface area (Å²) in [6.07, 6.45) is 0. The van der Waals surface area contributed by atoms with Gasteiger partial charge in [0.15, 0.2) is 17.0 Å². The topological polar surface area (TPSA) is 351 Å². The van der Waals surface area contributed by atoms with E-state index in [0.29, 0.717) is 5.56 Å². The van der Waals surface area contributed by atoms with Gasteiger partial charge in [0.25, 0.3) is 0 Å². The molecule has 0 amide bonds. The summed E-state index contributed by atoms with van der Waals surface area (Å²) in [6.45, 7) is 1.52. The Labute approximate surface area is 505 Å². The average molecular weight is 1100 g/mol. The molecule has 6 aromatic carbocycles. The normalized spacial score (nSPS) is 14.9. The van der Waals surface area contributed by atoms with Crippen molar-refractivity contribution in [2.75, 3.05) is 10.6 Å². The summed E-state index contributed by atoms with van der Waals surface area (Å²) in [5.74, 6) is -0.121. The van der Waals surface area contributed by atoms with Crippen molar-refractivity contribution in [2.24, 2.45) is 25.4 Å². The maximum Gasteiger partial charge on any atom is 1.00 e. The number of nitriles is 1. The third-order valence-corrected chi connectivity index (χ3v) is 14.6. The summed E-state index contributed by atoms with van der Waals surface area (Å²) >= 11 is 0.949. The predicted molar refractivity (Wildman–Crippen MR) is 243 cm³/mol. The second kappa shape index (κ2) is 24.7. The van der Waals surface area contributed by atoms with Crippen LogP contribution < -0.4 is 129 Å². The number of nitrogens with zero attached hydrogens (tertiary/aromatic N) is 7. The smallest absolute Gasteiger partial charge is 0.744 e. The zero-order chi connectivity index (χ0) is 48.8. The van der Waals surface area contributed by atoms with Gasteiger partial charge in [-0.3, -0.25) is 0 Å². The number of azo groups is 2. The van der Waals surface area contributed by atoms with E-state index in [1.54, 1.807) is 6.07 Å². The van der Waals surface area contributed by atoms with E-state index >= 15 is 0 Å². The molecule has 0 spiro atoms. The molecule has 1 aromatic heterocycles. The van der Waals surface area contributed by atoms with Gasteiger partial charge in [-0.25, -0.2) is 43.6 Å². The number of aromatic nitrogens is 1. The molecule has 0 fully saturated rings. The maximum absolute atomic E-state index is 12.4. The summed E-state index contributed by atoms with van der Waals surface area (Å²) in [4.78, 5) is 6.69. The largest absolute Gasteiger partial charge is 1.00 e. The van der Waals surface area contributed by atoms with Gasteiger partial charge in [0.2, 0.25) is 5.17 Å². The van der Waals surface area contributed by atoms with Crippen LogP contribution in [0.2, 0.25) is 0 Å². The Kier molecular flexibility index (Phi) is 21.1. The molecule has 0 saturated heterocycles. The number of pyridine rings is 1. The fourth-order valence-electron chi connectivity index (χ4n) is 6.98. The molecule has 30 heteroatoms. The Morgan fingerprint density at radius 3 is 1.72 bits per heavy atom. The van der Waals surface area contributed by atoms with E-state index in [9.17, 15) is 57.1 Å². The Bertz CT molecular complexity index is 3830. The number of nitrogens with one attached hydrogen (secondary N) is 2. The van der Waals surface area contributed by atoms with E-state index in [4.69, 9.17) is 4.99 Å². The summed E-state index contributed by atoms with van der Waals surface area (Å²) in [5, 5.41) is 33.8. The van der Waals surface area contributed by atoms with E-state index in [2.05, 4.69) is 36.1 Å². The summed E-state index contributed by atoms with van der Waals surface area (Å²) < 4.78 is 143. The van der Waals surface area contributed by atoms with Crippen LogP contribution in [-0.2, 0) is 40.5 Å². The number of anilines is 4. The Balaban J connectivity index is 0.00000281. The minimum atomic E-state index is -5.24. The van der Waals surface area contributed by atoms with Gasteiger partial charge in [-0.1, -0.05) is 60.3 Å². The molecule has 8 rings (SSSR count). The Morgan fingerprint density at radius 2 is 1.17 bits per heavy atom. The Hall–Kier alpha value is -3.06. The first kappa shape index (κ1) is 61.5. The van der Waals surface area contributed by atoms with Crippen molar-refractivity contribution in [3.8, 4) is 6.07 Å². The van der Waals surface area contributed by atoms with Crippen molar-refractivity contribution in [1.29, 1.82) is 5.26 Å². The summed E-state index contributed by atoms with van der Waals surface area (Å²) in [7, 11) is -20.0. The number of amidine groups is 1. The fourth-order valence-corrected chi connectivity index (χ4v) is 10.2. The predicted octanol–water partition coefficient (Wildman–Crippen LogP) is -4.27. The molecule has 2 N–H and O–H groups in total. The van der Waals surface area contributed by atoms with Crippen molar-refractivity contribution in [2.45, 2.75) is 37.9 Å². The van der Waals surface area contributed by atoms with Crippen LogP contribution in [0.15, 0.2) is 166 Å². The van der Waals surface area contributed by atoms with Crippen molar-refractivity contribution >= 4 is 113 Å². The second-order valence-corrected chi connectivity index (χ2v) is 21.1. The van der Waals surface area contributed by atoms with Crippen LogP contribution in [0.3, 0.4) is 0 Å². The molecule has 21 nitrogen and oxygen atoms in total. The standard InChI is InChI=1S/C42H31N9O12S5.4Na/c1-23-34(22-43)39(44-27-11-15-30(16-12-27)65(52,53)54)47-40(45-28-13-17-31(18-14-28)66(55,56)57)37(23)49-51-42-46-38(26-10-9-24-5-2-3-6-25(24)19-26)41(64-42)50-48-29-20-33-32(36(21-29)68(61,62)63)7-4-8-35(33)67(58,59)60;;;;/h2-21,38,41H,1H3,(H2,44,45,47)(H,52,53,54)(H,55,56,57)(H,58,59,60)(H,61,62,63);;;;/q;4*+1/p-4. The number of hydrogen-bond acceptors (Lipinski definition) is 22. The number of rotatable bonds is 12. The molecule has 346 valence electrons. The van der Waals surface area contributed by atoms with Crippen LogP contribution in [0, 0.1) is 18.3 Å². The van der Waals surface area contributed by atoms with Crippen molar-refractivity contribution in [3.63, 3.8) is 0 Å². The van der Waals surface area contributed by atoms with Gasteiger partial charge in [0.1, 0.15) is 58.3 Å². The van der Waals surface area contributed by atoms with Crippen molar-refractivity contribution in [1.82, 2.24) is 4.98 Å². The van der Waals surface area contributed by atoms with Crippen LogP contribution in [0.5, 0.6) is 0 Å². The van der Waals surface area contributed by atoms with Gasteiger partial charge < -0.3 is 28.8 Å². The molecule has 0 bridgehead atoms. The van der Waals surface area contributed by atoms with Crippen LogP contribution in [-0.4, -0.2) is 67.4 Å². The van der Waals surface area contributed by atoms with Crippen LogP contribution in [0.4, 0.5) is 34.4 Å². The SMILES string of the molecule is Cc1c(C#N)c(Nc2ccc(S(=O)(=O)[O-])cc2)nc(Nc2ccc(S(=O)(=O)[O-])cc2)c1N=NC1=NC(c2ccc3ccccc3c2)C(N=Nc2cc(S(=O)(=O)[O-])c3cccc(S(=O)(=O)[O-])c3c2)S1.[Na+].[Na+].[Na+].[Na+]. The van der Waals surface area contributed by atoms with Gasteiger partial charge in [-0.15, -0.1) is 10.2 Å². The molecule has 1 aliphatic rings. The first-order valence-electron chi connectivity index (χ1n) is 19.2. The minimum Gasteiger partial charge on any atom is -0.744 e. The molecule has 2 atom stereocenters. The molecule has 0 saturated carbocycles. The Morgan fingerprint density at radius 1 is 0.597 bits per heavy atom. The van der Waals surface area contributed by atoms with Crippen LogP contribution in [0.1, 0.15) is 22.7 Å². The number of hydrogen-bond donors (Lipinski definition) is 2. The van der Waals surface area contributed by atoms with Crippen LogP contribution in [0.25, 0.3) is 21.5 Å². The second-order valence-electron chi connectivity index (χ2n) is 14.6. The van der Waals surface area contributed by atoms with Crippen molar-refractivity contribution in [3.05, 3.63) is 138 Å². The van der Waals surface area contributed by atoms with E-state index < -0.39 is 71.5 Å². The summed E-state index contributed by atoms with van der Waals surface area (Å²) in [5.41, 5.74) is 0.905. The quantitative estimate of drug-likeness (QED) is 0.0664. The number of thioether (sulfide) groups is 1. The minimum absolute atomic E-state index is 0. The zero-order valence-corrected chi connectivity index (χ0v) is 50.4. The number of fused-ring (bicyclic) bond motifs is 2. The maximum atomic E-state index is 12.4. The third-order valence-electron chi connectivity index (χ3n) is 10.2. The van der Waals surface area contributed by atoms with Gasteiger partial charge in [-0.05, 0) is 96.1 Å². The van der Waals surface area contributed by atoms with E-state index in [1.807, 2.05) is 42.5 Å². The van der Waals surface area contributed by atoms with Crippen molar-refractivity contribution < 1.29 is 170 Å². The van der Waals surface area contributed by atoms with Gasteiger partial charge in [0.05, 0.1) is 30.8 Å².